The van der Waals surface area contributed by atoms with Gasteiger partial charge in [0.2, 0.25) is 5.91 Å². The minimum atomic E-state index is -0.195. The van der Waals surface area contributed by atoms with E-state index in [-0.39, 0.29) is 17.7 Å². The SMILES string of the molecule is COCCC(=O)NC(C)c1nnc2n1CCN(Cc1ccc(O)cc1)CC2. The normalized spacial score (nSPS) is 15.8. The van der Waals surface area contributed by atoms with Gasteiger partial charge in [-0.15, -0.1) is 10.2 Å². The molecule has 0 bridgehead atoms. The molecule has 1 aliphatic rings. The average molecular weight is 373 g/mol. The molecule has 1 aromatic carbocycles. The van der Waals surface area contributed by atoms with Gasteiger partial charge in [-0.1, -0.05) is 12.1 Å². The number of amides is 1. The van der Waals surface area contributed by atoms with Crippen LogP contribution >= 0.6 is 0 Å². The maximum absolute atomic E-state index is 11.9. The summed E-state index contributed by atoms with van der Waals surface area (Å²) in [4.78, 5) is 14.3. The van der Waals surface area contributed by atoms with Crippen molar-refractivity contribution in [3.63, 3.8) is 0 Å². The molecule has 0 spiro atoms. The Labute approximate surface area is 159 Å². The lowest BCUT2D eigenvalue weighted by atomic mass is 10.2. The number of ether oxygens (including phenoxy) is 1. The minimum Gasteiger partial charge on any atom is -0.508 e. The van der Waals surface area contributed by atoms with E-state index in [0.29, 0.717) is 13.0 Å². The average Bonchev–Trinajstić information content (AvgIpc) is 2.97. The van der Waals surface area contributed by atoms with Gasteiger partial charge in [-0.25, -0.2) is 0 Å². The molecule has 2 aromatic rings. The molecular formula is C19H27N5O3. The van der Waals surface area contributed by atoms with Crippen molar-refractivity contribution < 1.29 is 14.6 Å². The molecule has 1 amide bonds. The first-order valence-corrected chi connectivity index (χ1v) is 9.27. The molecule has 27 heavy (non-hydrogen) atoms. The summed E-state index contributed by atoms with van der Waals surface area (Å²) in [5.74, 6) is 1.98. The van der Waals surface area contributed by atoms with Crippen LogP contribution in [-0.2, 0) is 29.0 Å². The number of fused-ring (bicyclic) bond motifs is 1. The summed E-state index contributed by atoms with van der Waals surface area (Å²) in [6.07, 6.45) is 1.15. The summed E-state index contributed by atoms with van der Waals surface area (Å²) >= 11 is 0. The molecule has 0 saturated carbocycles. The molecular weight excluding hydrogens is 346 g/mol. The highest BCUT2D eigenvalue weighted by atomic mass is 16.5. The second kappa shape index (κ2) is 8.96. The van der Waals surface area contributed by atoms with Crippen molar-refractivity contribution >= 4 is 5.91 Å². The van der Waals surface area contributed by atoms with E-state index in [1.807, 2.05) is 19.1 Å². The Morgan fingerprint density at radius 3 is 2.78 bits per heavy atom. The number of methoxy groups -OCH3 is 1. The number of benzene rings is 1. The van der Waals surface area contributed by atoms with Crippen molar-refractivity contribution in [2.45, 2.75) is 38.9 Å². The number of hydrogen-bond donors (Lipinski definition) is 2. The van der Waals surface area contributed by atoms with Crippen LogP contribution < -0.4 is 5.32 Å². The van der Waals surface area contributed by atoms with Gasteiger partial charge in [0.05, 0.1) is 12.6 Å². The van der Waals surface area contributed by atoms with Crippen molar-refractivity contribution in [2.75, 3.05) is 26.8 Å². The minimum absolute atomic E-state index is 0.0516. The smallest absolute Gasteiger partial charge is 0.222 e. The molecule has 0 fully saturated rings. The number of phenols is 1. The Hall–Kier alpha value is -2.45. The number of phenolic OH excluding ortho intramolecular Hbond substituents is 1. The van der Waals surface area contributed by atoms with Crippen molar-refractivity contribution in [1.29, 1.82) is 0 Å². The number of carbonyl (C=O) groups is 1. The molecule has 1 aromatic heterocycles. The number of hydrogen-bond acceptors (Lipinski definition) is 6. The van der Waals surface area contributed by atoms with E-state index in [9.17, 15) is 9.90 Å². The fraction of sp³-hybridized carbons (Fsp3) is 0.526. The maximum atomic E-state index is 11.9. The largest absolute Gasteiger partial charge is 0.508 e. The Bertz CT molecular complexity index is 759. The monoisotopic (exact) mass is 373 g/mol. The summed E-state index contributed by atoms with van der Waals surface area (Å²) in [6.45, 7) is 5.73. The number of carbonyl (C=O) groups excluding carboxylic acids is 1. The third-order valence-corrected chi connectivity index (χ3v) is 4.79. The number of aromatic hydroxyl groups is 1. The molecule has 1 atom stereocenters. The van der Waals surface area contributed by atoms with Crippen LogP contribution in [0.15, 0.2) is 24.3 Å². The van der Waals surface area contributed by atoms with Crippen LogP contribution in [0.1, 0.15) is 36.6 Å². The van der Waals surface area contributed by atoms with E-state index < -0.39 is 0 Å². The number of aromatic nitrogens is 3. The summed E-state index contributed by atoms with van der Waals surface area (Å²) in [7, 11) is 1.58. The van der Waals surface area contributed by atoms with Crippen LogP contribution in [0.4, 0.5) is 0 Å². The summed E-state index contributed by atoms with van der Waals surface area (Å²) in [5, 5.41) is 21.0. The van der Waals surface area contributed by atoms with Gasteiger partial charge in [0.25, 0.3) is 0 Å². The first-order valence-electron chi connectivity index (χ1n) is 9.27. The van der Waals surface area contributed by atoms with Gasteiger partial charge < -0.3 is 19.7 Å². The second-order valence-electron chi connectivity index (χ2n) is 6.85. The highest BCUT2D eigenvalue weighted by Crippen LogP contribution is 2.17. The fourth-order valence-corrected chi connectivity index (χ4v) is 3.30. The molecule has 1 unspecified atom stereocenters. The quantitative estimate of drug-likeness (QED) is 0.759. The standard InChI is InChI=1S/C19H27N5O3/c1-14(20-18(26)8-12-27-2)19-22-21-17-7-9-23(10-11-24(17)19)13-15-3-5-16(25)6-4-15/h3-6,14,25H,7-13H2,1-2H3,(H,20,26). The van der Waals surface area contributed by atoms with Gasteiger partial charge in [-0.2, -0.15) is 0 Å². The molecule has 0 radical (unpaired) electrons. The molecule has 146 valence electrons. The van der Waals surface area contributed by atoms with Crippen molar-refractivity contribution in [1.82, 2.24) is 25.0 Å². The lowest BCUT2D eigenvalue weighted by Gasteiger charge is -2.20. The molecule has 2 heterocycles. The predicted octanol–water partition coefficient (Wildman–Crippen LogP) is 1.26. The Morgan fingerprint density at radius 2 is 2.04 bits per heavy atom. The first kappa shape index (κ1) is 19.3. The van der Waals surface area contributed by atoms with E-state index in [4.69, 9.17) is 4.74 Å². The van der Waals surface area contributed by atoms with Crippen LogP contribution in [0.2, 0.25) is 0 Å². The molecule has 0 saturated heterocycles. The highest BCUT2D eigenvalue weighted by Gasteiger charge is 2.22. The zero-order chi connectivity index (χ0) is 19.2. The summed E-state index contributed by atoms with van der Waals surface area (Å²) < 4.78 is 7.07. The van der Waals surface area contributed by atoms with E-state index in [2.05, 4.69) is 25.0 Å². The van der Waals surface area contributed by atoms with E-state index in [1.165, 1.54) is 5.56 Å². The number of nitrogens with zero attached hydrogens (tertiary/aromatic N) is 4. The Kier molecular flexibility index (Phi) is 6.41. The van der Waals surface area contributed by atoms with Crippen LogP contribution in [0.5, 0.6) is 5.75 Å². The molecule has 3 rings (SSSR count). The molecule has 1 aliphatic heterocycles. The molecule has 8 nitrogen and oxygen atoms in total. The summed E-state index contributed by atoms with van der Waals surface area (Å²) in [6, 6.07) is 7.13. The lowest BCUT2D eigenvalue weighted by Crippen LogP contribution is -2.30. The maximum Gasteiger partial charge on any atom is 0.222 e. The second-order valence-corrected chi connectivity index (χ2v) is 6.85. The third-order valence-electron chi connectivity index (χ3n) is 4.79. The molecule has 0 aliphatic carbocycles. The van der Waals surface area contributed by atoms with E-state index >= 15 is 0 Å². The van der Waals surface area contributed by atoms with Gasteiger partial charge >= 0.3 is 0 Å². The number of nitrogens with one attached hydrogen (secondary N) is 1. The summed E-state index contributed by atoms with van der Waals surface area (Å²) in [5.41, 5.74) is 1.17. The molecule has 8 heteroatoms. The van der Waals surface area contributed by atoms with Gasteiger partial charge in [0.15, 0.2) is 5.82 Å². The third kappa shape index (κ3) is 5.05. The van der Waals surface area contributed by atoms with E-state index in [0.717, 1.165) is 44.2 Å². The number of rotatable bonds is 7. The van der Waals surface area contributed by atoms with Gasteiger partial charge in [0.1, 0.15) is 11.6 Å². The zero-order valence-electron chi connectivity index (χ0n) is 15.9. The fourth-order valence-electron chi connectivity index (χ4n) is 3.30. The van der Waals surface area contributed by atoms with Crippen LogP contribution in [0.3, 0.4) is 0 Å². The van der Waals surface area contributed by atoms with Gasteiger partial charge in [-0.3, -0.25) is 9.69 Å². The lowest BCUT2D eigenvalue weighted by molar-refractivity contribution is -0.122. The molecule has 2 N–H and O–H groups in total. The van der Waals surface area contributed by atoms with Gasteiger partial charge in [0, 0.05) is 46.1 Å². The van der Waals surface area contributed by atoms with Gasteiger partial charge in [-0.05, 0) is 24.6 Å². The van der Waals surface area contributed by atoms with Crippen molar-refractivity contribution in [3.05, 3.63) is 41.5 Å². The van der Waals surface area contributed by atoms with Crippen LogP contribution in [0, 0.1) is 0 Å². The van der Waals surface area contributed by atoms with Crippen molar-refractivity contribution in [2.24, 2.45) is 0 Å². The topological polar surface area (TPSA) is 92.5 Å². The van der Waals surface area contributed by atoms with Crippen LogP contribution in [-0.4, -0.2) is 57.5 Å². The predicted molar refractivity (Wildman–Crippen MR) is 100 cm³/mol. The Balaban J connectivity index is 1.61. The van der Waals surface area contributed by atoms with E-state index in [1.54, 1.807) is 19.2 Å². The first-order chi connectivity index (χ1) is 13.1. The van der Waals surface area contributed by atoms with Crippen LogP contribution in [0.25, 0.3) is 0 Å². The van der Waals surface area contributed by atoms with Crippen molar-refractivity contribution in [3.8, 4) is 5.75 Å². The zero-order valence-corrected chi connectivity index (χ0v) is 15.9. The highest BCUT2D eigenvalue weighted by molar-refractivity contribution is 5.76. The Morgan fingerprint density at radius 1 is 1.26 bits per heavy atom.